The molecule has 0 saturated heterocycles. The summed E-state index contributed by atoms with van der Waals surface area (Å²) >= 11 is 7.53. The molecule has 0 heterocycles. The average Bonchev–Trinajstić information content (AvgIpc) is 2.10. The lowest BCUT2D eigenvalue weighted by Gasteiger charge is -2.06. The van der Waals surface area contributed by atoms with E-state index in [2.05, 4.69) is 0 Å². The van der Waals surface area contributed by atoms with Crippen LogP contribution in [0.2, 0.25) is 5.02 Å². The van der Waals surface area contributed by atoms with Crippen molar-refractivity contribution in [3.05, 3.63) is 23.2 Å². The van der Waals surface area contributed by atoms with Gasteiger partial charge in [0.05, 0.1) is 5.02 Å². The fourth-order valence-corrected chi connectivity index (χ4v) is 2.18. The highest BCUT2D eigenvalue weighted by Gasteiger charge is 2.03. The Hall–Kier alpha value is -0.380. The van der Waals surface area contributed by atoms with Crippen LogP contribution in [0.5, 0.6) is 0 Å². The Kier molecular flexibility index (Phi) is 4.42. The van der Waals surface area contributed by atoms with Crippen LogP contribution in [0.25, 0.3) is 0 Å². The van der Waals surface area contributed by atoms with Crippen LogP contribution in [-0.4, -0.2) is 17.5 Å². The molecule has 1 aromatic carbocycles. The van der Waals surface area contributed by atoms with E-state index in [0.29, 0.717) is 10.7 Å². The van der Waals surface area contributed by atoms with Gasteiger partial charge in [-0.25, -0.2) is 0 Å². The molecule has 1 aromatic rings. The molecule has 72 valence electrons. The van der Waals surface area contributed by atoms with Crippen molar-refractivity contribution in [2.75, 3.05) is 18.1 Å². The third-order valence-corrected chi connectivity index (χ3v) is 3.21. The molecule has 0 aliphatic rings. The Balaban J connectivity index is 2.64. The third kappa shape index (κ3) is 3.10. The minimum absolute atomic E-state index is 0.206. The van der Waals surface area contributed by atoms with E-state index in [0.717, 1.165) is 17.1 Å². The number of halogens is 1. The monoisotopic (exact) mass is 217 g/mol. The van der Waals surface area contributed by atoms with E-state index in [9.17, 15) is 0 Å². The van der Waals surface area contributed by atoms with Gasteiger partial charge in [0, 0.05) is 22.9 Å². The average molecular weight is 218 g/mol. The second-order valence-electron chi connectivity index (χ2n) is 2.58. The molecular weight excluding hydrogens is 206 g/mol. The quantitative estimate of drug-likeness (QED) is 0.463. The zero-order chi connectivity index (χ0) is 9.68. The van der Waals surface area contributed by atoms with Gasteiger partial charge in [0.2, 0.25) is 0 Å². The van der Waals surface area contributed by atoms with Crippen LogP contribution in [0, 0.1) is 0 Å². The topological polar surface area (TPSA) is 46.2 Å². The maximum Gasteiger partial charge on any atom is 0.0562 e. The van der Waals surface area contributed by atoms with Gasteiger partial charge in [-0.3, -0.25) is 0 Å². The minimum Gasteiger partial charge on any atom is -0.398 e. The van der Waals surface area contributed by atoms with Crippen molar-refractivity contribution in [3.63, 3.8) is 0 Å². The van der Waals surface area contributed by atoms with Crippen molar-refractivity contribution in [2.24, 2.45) is 0 Å². The fourth-order valence-electron chi connectivity index (χ4n) is 0.917. The molecule has 1 rings (SSSR count). The number of rotatable bonds is 4. The lowest BCUT2D eigenvalue weighted by Crippen LogP contribution is -1.91. The molecule has 0 aromatic heterocycles. The predicted octanol–water partition coefficient (Wildman–Crippen LogP) is 2.40. The second kappa shape index (κ2) is 5.37. The maximum atomic E-state index is 8.61. The fraction of sp³-hybridized carbons (Fsp3) is 0.333. The van der Waals surface area contributed by atoms with E-state index < -0.39 is 0 Å². The van der Waals surface area contributed by atoms with Crippen LogP contribution in [0.15, 0.2) is 23.1 Å². The molecule has 13 heavy (non-hydrogen) atoms. The Morgan fingerprint density at radius 2 is 2.23 bits per heavy atom. The summed E-state index contributed by atoms with van der Waals surface area (Å²) in [5.74, 6) is 0.838. The maximum absolute atomic E-state index is 8.61. The Labute approximate surface area is 87.1 Å². The van der Waals surface area contributed by atoms with Gasteiger partial charge in [-0.1, -0.05) is 17.7 Å². The van der Waals surface area contributed by atoms with Gasteiger partial charge in [0.1, 0.15) is 0 Å². The van der Waals surface area contributed by atoms with Crippen LogP contribution < -0.4 is 5.73 Å². The van der Waals surface area contributed by atoms with Gasteiger partial charge in [0.25, 0.3) is 0 Å². The molecule has 0 atom stereocenters. The molecular formula is C9H12ClNOS. The van der Waals surface area contributed by atoms with Crippen LogP contribution in [0.3, 0.4) is 0 Å². The van der Waals surface area contributed by atoms with Gasteiger partial charge in [-0.2, -0.15) is 0 Å². The Morgan fingerprint density at radius 3 is 2.85 bits per heavy atom. The molecule has 0 aliphatic heterocycles. The number of hydrogen-bond donors (Lipinski definition) is 2. The highest BCUT2D eigenvalue weighted by molar-refractivity contribution is 7.99. The molecule has 0 amide bonds. The summed E-state index contributed by atoms with van der Waals surface area (Å²) < 4.78 is 0. The first kappa shape index (κ1) is 10.7. The SMILES string of the molecule is Nc1cccc(Cl)c1SCCCO. The van der Waals surface area contributed by atoms with Crippen LogP contribution in [0.4, 0.5) is 5.69 Å². The second-order valence-corrected chi connectivity index (χ2v) is 4.10. The highest BCUT2D eigenvalue weighted by Crippen LogP contribution is 2.32. The summed E-state index contributed by atoms with van der Waals surface area (Å²) in [5, 5.41) is 9.29. The van der Waals surface area contributed by atoms with Gasteiger partial charge in [-0.05, 0) is 18.6 Å². The van der Waals surface area contributed by atoms with Crippen LogP contribution in [-0.2, 0) is 0 Å². The standard InChI is InChI=1S/C9H12ClNOS/c10-7-3-1-4-8(11)9(7)13-6-2-5-12/h1,3-4,12H,2,5-6,11H2. The van der Waals surface area contributed by atoms with Gasteiger partial charge in [-0.15, -0.1) is 11.8 Å². The molecule has 0 aliphatic carbocycles. The van der Waals surface area contributed by atoms with E-state index in [-0.39, 0.29) is 6.61 Å². The normalized spacial score (nSPS) is 10.3. The first-order valence-electron chi connectivity index (χ1n) is 4.03. The molecule has 0 saturated carbocycles. The smallest absolute Gasteiger partial charge is 0.0562 e. The van der Waals surface area contributed by atoms with Crippen molar-refractivity contribution in [1.29, 1.82) is 0 Å². The van der Waals surface area contributed by atoms with Crippen molar-refractivity contribution < 1.29 is 5.11 Å². The number of nitrogen functional groups attached to an aromatic ring is 1. The molecule has 4 heteroatoms. The summed E-state index contributed by atoms with van der Waals surface area (Å²) in [5.41, 5.74) is 6.44. The van der Waals surface area contributed by atoms with Crippen molar-refractivity contribution in [2.45, 2.75) is 11.3 Å². The van der Waals surface area contributed by atoms with Crippen LogP contribution in [0.1, 0.15) is 6.42 Å². The van der Waals surface area contributed by atoms with E-state index in [1.165, 1.54) is 0 Å². The first-order chi connectivity index (χ1) is 6.25. The largest absolute Gasteiger partial charge is 0.398 e. The lowest BCUT2D eigenvalue weighted by molar-refractivity contribution is 0.296. The van der Waals surface area contributed by atoms with Crippen LogP contribution >= 0.6 is 23.4 Å². The first-order valence-corrected chi connectivity index (χ1v) is 5.39. The van der Waals surface area contributed by atoms with Gasteiger partial charge >= 0.3 is 0 Å². The highest BCUT2D eigenvalue weighted by atomic mass is 35.5. The molecule has 2 nitrogen and oxygen atoms in total. The molecule has 3 N–H and O–H groups in total. The summed E-state index contributed by atoms with van der Waals surface area (Å²) in [6, 6.07) is 5.47. The lowest BCUT2D eigenvalue weighted by atomic mass is 10.3. The van der Waals surface area contributed by atoms with Crippen molar-refractivity contribution in [3.8, 4) is 0 Å². The molecule has 0 fully saturated rings. The summed E-state index contributed by atoms with van der Waals surface area (Å²) in [6.07, 6.45) is 0.759. The zero-order valence-corrected chi connectivity index (χ0v) is 8.74. The third-order valence-electron chi connectivity index (χ3n) is 1.55. The van der Waals surface area contributed by atoms with Gasteiger partial charge in [0.15, 0.2) is 0 Å². The molecule has 0 radical (unpaired) electrons. The summed E-state index contributed by atoms with van der Waals surface area (Å²) in [4.78, 5) is 0.914. The van der Waals surface area contributed by atoms with Gasteiger partial charge < -0.3 is 10.8 Å². The predicted molar refractivity (Wildman–Crippen MR) is 58.3 cm³/mol. The Morgan fingerprint density at radius 1 is 1.46 bits per heavy atom. The molecule has 0 unspecified atom stereocenters. The molecule has 0 bridgehead atoms. The summed E-state index contributed by atoms with van der Waals surface area (Å²) in [6.45, 7) is 0.206. The number of aliphatic hydroxyl groups excluding tert-OH is 1. The van der Waals surface area contributed by atoms with E-state index >= 15 is 0 Å². The van der Waals surface area contributed by atoms with Crippen molar-refractivity contribution >= 4 is 29.1 Å². The van der Waals surface area contributed by atoms with E-state index in [4.69, 9.17) is 22.4 Å². The number of nitrogens with two attached hydrogens (primary N) is 1. The number of aliphatic hydroxyl groups is 1. The minimum atomic E-state index is 0.206. The van der Waals surface area contributed by atoms with E-state index in [1.54, 1.807) is 11.8 Å². The summed E-state index contributed by atoms with van der Waals surface area (Å²) in [7, 11) is 0. The van der Waals surface area contributed by atoms with Crippen molar-refractivity contribution in [1.82, 2.24) is 0 Å². The Bertz CT molecular complexity index is 260. The molecule has 0 spiro atoms. The number of hydrogen-bond acceptors (Lipinski definition) is 3. The number of benzene rings is 1. The zero-order valence-electron chi connectivity index (χ0n) is 7.16. The number of thioether (sulfide) groups is 1. The number of anilines is 1. The van der Waals surface area contributed by atoms with E-state index in [1.807, 2.05) is 18.2 Å².